The van der Waals surface area contributed by atoms with E-state index in [2.05, 4.69) is 17.2 Å². The van der Waals surface area contributed by atoms with E-state index in [1.165, 1.54) is 17.6 Å². The fourth-order valence-electron chi connectivity index (χ4n) is 1.75. The number of furan rings is 1. The molecule has 2 N–H and O–H groups in total. The van der Waals surface area contributed by atoms with Gasteiger partial charge in [0.05, 0.1) is 23.2 Å². The third-order valence-electron chi connectivity index (χ3n) is 2.69. The molecule has 0 atom stereocenters. The lowest BCUT2D eigenvalue weighted by Gasteiger charge is -2.02. The summed E-state index contributed by atoms with van der Waals surface area (Å²) >= 11 is 1.50. The molecule has 5 heteroatoms. The first-order valence-corrected chi connectivity index (χ1v) is 7.09. The molecule has 0 saturated heterocycles. The van der Waals surface area contributed by atoms with Crippen LogP contribution in [0.1, 0.15) is 32.8 Å². The molecule has 2 aromatic rings. The summed E-state index contributed by atoms with van der Waals surface area (Å²) in [5, 5.41) is 11.5. The van der Waals surface area contributed by atoms with Gasteiger partial charge in [-0.1, -0.05) is 18.8 Å². The first-order chi connectivity index (χ1) is 9.74. The Balaban J connectivity index is 1.95. The summed E-state index contributed by atoms with van der Waals surface area (Å²) in [7, 11) is 0. The zero-order valence-electron chi connectivity index (χ0n) is 11.1. The van der Waals surface area contributed by atoms with Crippen LogP contribution in [0.15, 0.2) is 28.9 Å². The molecule has 0 radical (unpaired) electrons. The Morgan fingerprint density at radius 2 is 2.30 bits per heavy atom. The van der Waals surface area contributed by atoms with E-state index >= 15 is 0 Å². The van der Waals surface area contributed by atoms with Gasteiger partial charge in [0.1, 0.15) is 12.4 Å². The molecule has 20 heavy (non-hydrogen) atoms. The highest BCUT2D eigenvalue weighted by Crippen LogP contribution is 2.16. The van der Waals surface area contributed by atoms with Crippen LogP contribution in [0, 0.1) is 11.8 Å². The average molecular weight is 289 g/mol. The molecule has 2 aromatic heterocycles. The van der Waals surface area contributed by atoms with Gasteiger partial charge in [0.25, 0.3) is 5.91 Å². The van der Waals surface area contributed by atoms with Gasteiger partial charge < -0.3 is 14.8 Å². The maximum absolute atomic E-state index is 12.0. The maximum atomic E-state index is 12.0. The highest BCUT2D eigenvalue weighted by atomic mass is 32.1. The van der Waals surface area contributed by atoms with E-state index < -0.39 is 0 Å². The van der Waals surface area contributed by atoms with Gasteiger partial charge in [0, 0.05) is 11.3 Å². The Labute approximate surface area is 121 Å². The van der Waals surface area contributed by atoms with Crippen LogP contribution in [-0.4, -0.2) is 17.6 Å². The molecule has 0 spiro atoms. The molecule has 0 aliphatic rings. The van der Waals surface area contributed by atoms with Gasteiger partial charge in [-0.25, -0.2) is 0 Å². The zero-order valence-corrected chi connectivity index (χ0v) is 11.9. The standard InChI is InChI=1S/C15H15NO3S/c1-2-14-13(7-9-19-14)15(18)16-10-12-6-5-11(20-12)4-3-8-17/h5-7,9,17H,2,8,10H2,1H3,(H,16,18). The Kier molecular flexibility index (Phi) is 4.99. The summed E-state index contributed by atoms with van der Waals surface area (Å²) < 4.78 is 5.24. The second kappa shape index (κ2) is 6.94. The first-order valence-electron chi connectivity index (χ1n) is 6.27. The molecular formula is C15H15NO3S. The van der Waals surface area contributed by atoms with Gasteiger partial charge in [-0.15, -0.1) is 11.3 Å². The number of carbonyl (C=O) groups is 1. The third kappa shape index (κ3) is 3.50. The van der Waals surface area contributed by atoms with Crippen molar-refractivity contribution in [3.05, 3.63) is 45.5 Å². The molecule has 0 saturated carbocycles. The topological polar surface area (TPSA) is 62.5 Å². The van der Waals surface area contributed by atoms with Crippen LogP contribution in [-0.2, 0) is 13.0 Å². The number of amides is 1. The van der Waals surface area contributed by atoms with Crippen molar-refractivity contribution in [2.45, 2.75) is 19.9 Å². The molecule has 104 valence electrons. The van der Waals surface area contributed by atoms with E-state index in [1.54, 1.807) is 6.07 Å². The summed E-state index contributed by atoms with van der Waals surface area (Å²) in [5.74, 6) is 6.00. The molecule has 0 bridgehead atoms. The fraction of sp³-hybridized carbons (Fsp3) is 0.267. The summed E-state index contributed by atoms with van der Waals surface area (Å²) in [4.78, 5) is 13.9. The van der Waals surface area contributed by atoms with Gasteiger partial charge in [0.2, 0.25) is 0 Å². The first kappa shape index (κ1) is 14.4. The van der Waals surface area contributed by atoms with Crippen LogP contribution < -0.4 is 5.32 Å². The van der Waals surface area contributed by atoms with Crippen molar-refractivity contribution in [1.29, 1.82) is 0 Å². The van der Waals surface area contributed by atoms with Crippen LogP contribution in [0.4, 0.5) is 0 Å². The lowest BCUT2D eigenvalue weighted by molar-refractivity contribution is 0.0949. The van der Waals surface area contributed by atoms with Gasteiger partial charge >= 0.3 is 0 Å². The molecule has 0 unspecified atom stereocenters. The van der Waals surface area contributed by atoms with Gasteiger partial charge in [-0.3, -0.25) is 4.79 Å². The number of aryl methyl sites for hydroxylation is 1. The number of hydrogen-bond acceptors (Lipinski definition) is 4. The van der Waals surface area contributed by atoms with E-state index in [4.69, 9.17) is 9.52 Å². The summed E-state index contributed by atoms with van der Waals surface area (Å²) in [6.07, 6.45) is 2.22. The van der Waals surface area contributed by atoms with Crippen molar-refractivity contribution in [3.8, 4) is 11.8 Å². The molecule has 2 heterocycles. The van der Waals surface area contributed by atoms with Gasteiger partial charge in [0.15, 0.2) is 0 Å². The second-order valence-corrected chi connectivity index (χ2v) is 5.19. The number of hydrogen-bond donors (Lipinski definition) is 2. The second-order valence-electron chi connectivity index (χ2n) is 4.02. The smallest absolute Gasteiger partial charge is 0.255 e. The summed E-state index contributed by atoms with van der Waals surface area (Å²) in [5.41, 5.74) is 0.587. The Morgan fingerprint density at radius 3 is 3.05 bits per heavy atom. The van der Waals surface area contributed by atoms with E-state index in [9.17, 15) is 4.79 Å². The van der Waals surface area contributed by atoms with Crippen molar-refractivity contribution in [2.24, 2.45) is 0 Å². The number of nitrogens with one attached hydrogen (secondary N) is 1. The van der Waals surface area contributed by atoms with E-state index in [-0.39, 0.29) is 12.5 Å². The lowest BCUT2D eigenvalue weighted by Crippen LogP contribution is -2.22. The van der Waals surface area contributed by atoms with Gasteiger partial charge in [-0.05, 0) is 18.2 Å². The molecule has 2 rings (SSSR count). The van der Waals surface area contributed by atoms with Crippen LogP contribution in [0.25, 0.3) is 0 Å². The maximum Gasteiger partial charge on any atom is 0.255 e. The van der Waals surface area contributed by atoms with Crippen molar-refractivity contribution in [3.63, 3.8) is 0 Å². The van der Waals surface area contributed by atoms with Crippen molar-refractivity contribution < 1.29 is 14.3 Å². The minimum Gasteiger partial charge on any atom is -0.469 e. The van der Waals surface area contributed by atoms with E-state index in [0.29, 0.717) is 24.3 Å². The summed E-state index contributed by atoms with van der Waals surface area (Å²) in [6.45, 7) is 2.25. The Hall–Kier alpha value is -2.03. The number of aliphatic hydroxyl groups excluding tert-OH is 1. The number of aliphatic hydroxyl groups is 1. The third-order valence-corrected chi connectivity index (χ3v) is 3.69. The molecule has 0 aliphatic heterocycles. The fourth-order valence-corrected chi connectivity index (χ4v) is 2.57. The molecular weight excluding hydrogens is 274 g/mol. The largest absolute Gasteiger partial charge is 0.469 e. The highest BCUT2D eigenvalue weighted by molar-refractivity contribution is 7.12. The van der Waals surface area contributed by atoms with E-state index in [0.717, 1.165) is 9.75 Å². The van der Waals surface area contributed by atoms with E-state index in [1.807, 2.05) is 19.1 Å². The molecule has 4 nitrogen and oxygen atoms in total. The zero-order chi connectivity index (χ0) is 14.4. The normalized spacial score (nSPS) is 9.90. The van der Waals surface area contributed by atoms with Gasteiger partial charge in [-0.2, -0.15) is 0 Å². The average Bonchev–Trinajstić information content (AvgIpc) is 3.11. The number of thiophene rings is 1. The SMILES string of the molecule is CCc1occc1C(=O)NCc1ccc(C#CCO)s1. The minimum atomic E-state index is -0.149. The molecule has 0 aliphatic carbocycles. The number of carbonyl (C=O) groups excluding carboxylic acids is 1. The van der Waals surface area contributed by atoms with Crippen LogP contribution >= 0.6 is 11.3 Å². The van der Waals surface area contributed by atoms with Crippen LogP contribution in [0.2, 0.25) is 0 Å². The van der Waals surface area contributed by atoms with Crippen molar-refractivity contribution in [2.75, 3.05) is 6.61 Å². The number of rotatable bonds is 4. The molecule has 1 amide bonds. The predicted octanol–water partition coefficient (Wildman–Crippen LogP) is 2.18. The highest BCUT2D eigenvalue weighted by Gasteiger charge is 2.12. The molecule has 0 fully saturated rings. The monoisotopic (exact) mass is 289 g/mol. The molecule has 0 aromatic carbocycles. The van der Waals surface area contributed by atoms with Crippen molar-refractivity contribution >= 4 is 17.2 Å². The Bertz CT molecular complexity index is 645. The van der Waals surface area contributed by atoms with Crippen LogP contribution in [0.3, 0.4) is 0 Å². The summed E-state index contributed by atoms with van der Waals surface area (Å²) in [6, 6.07) is 5.48. The van der Waals surface area contributed by atoms with Crippen LogP contribution in [0.5, 0.6) is 0 Å². The minimum absolute atomic E-state index is 0.132. The lowest BCUT2D eigenvalue weighted by atomic mass is 10.2. The van der Waals surface area contributed by atoms with Crippen molar-refractivity contribution in [1.82, 2.24) is 5.32 Å². The predicted molar refractivity (Wildman–Crippen MR) is 77.5 cm³/mol. The Morgan fingerprint density at radius 1 is 1.45 bits per heavy atom. The quantitative estimate of drug-likeness (QED) is 0.848.